The summed E-state index contributed by atoms with van der Waals surface area (Å²) in [6.07, 6.45) is 2.68. The lowest BCUT2D eigenvalue weighted by Crippen LogP contribution is -1.97. The van der Waals surface area contributed by atoms with E-state index in [0.717, 1.165) is 33.8 Å². The van der Waals surface area contributed by atoms with Crippen LogP contribution in [0.3, 0.4) is 0 Å². The third-order valence-corrected chi connectivity index (χ3v) is 4.27. The van der Waals surface area contributed by atoms with E-state index in [0.29, 0.717) is 5.82 Å². The average molecular weight is 273 g/mol. The number of fused-ring (bicyclic) bond motifs is 1. The smallest absolute Gasteiger partial charge is 0.199 e. The molecule has 4 nitrogen and oxygen atoms in total. The van der Waals surface area contributed by atoms with Gasteiger partial charge in [-0.25, -0.2) is 9.97 Å². The summed E-state index contributed by atoms with van der Waals surface area (Å²) in [4.78, 5) is 11.5. The Hall–Kier alpha value is -1.88. The minimum absolute atomic E-state index is 0.642. The number of furan rings is 1. The van der Waals surface area contributed by atoms with E-state index in [-0.39, 0.29) is 0 Å². The van der Waals surface area contributed by atoms with Gasteiger partial charge in [-0.15, -0.1) is 11.3 Å². The van der Waals surface area contributed by atoms with Crippen molar-refractivity contribution in [1.82, 2.24) is 9.97 Å². The van der Waals surface area contributed by atoms with Crippen LogP contribution in [-0.4, -0.2) is 17.0 Å². The number of rotatable bonds is 3. The molecule has 0 unspecified atom stereocenters. The maximum atomic E-state index is 5.48. The quantitative estimate of drug-likeness (QED) is 0.787. The second-order valence-corrected chi connectivity index (χ2v) is 5.48. The van der Waals surface area contributed by atoms with Crippen LogP contribution in [-0.2, 0) is 6.42 Å². The van der Waals surface area contributed by atoms with Gasteiger partial charge < -0.3 is 9.73 Å². The van der Waals surface area contributed by atoms with Gasteiger partial charge >= 0.3 is 0 Å². The maximum absolute atomic E-state index is 5.48. The van der Waals surface area contributed by atoms with Gasteiger partial charge in [0.05, 0.1) is 11.6 Å². The van der Waals surface area contributed by atoms with Crippen molar-refractivity contribution >= 4 is 27.4 Å². The number of hydrogen-bond acceptors (Lipinski definition) is 5. The lowest BCUT2D eigenvalue weighted by Gasteiger charge is -2.04. The van der Waals surface area contributed by atoms with Crippen LogP contribution in [0.1, 0.15) is 17.4 Å². The maximum Gasteiger partial charge on any atom is 0.199 e. The van der Waals surface area contributed by atoms with E-state index >= 15 is 0 Å². The number of nitrogens with zero attached hydrogens (tertiary/aromatic N) is 2. The van der Waals surface area contributed by atoms with Gasteiger partial charge in [-0.2, -0.15) is 0 Å². The molecule has 0 spiro atoms. The van der Waals surface area contributed by atoms with Gasteiger partial charge in [-0.1, -0.05) is 6.92 Å². The van der Waals surface area contributed by atoms with Gasteiger partial charge in [0.15, 0.2) is 11.6 Å². The van der Waals surface area contributed by atoms with E-state index in [9.17, 15) is 0 Å². The molecule has 3 aromatic rings. The van der Waals surface area contributed by atoms with Crippen molar-refractivity contribution in [3.8, 4) is 11.6 Å². The second-order valence-electron chi connectivity index (χ2n) is 4.36. The zero-order chi connectivity index (χ0) is 13.4. The molecule has 3 heterocycles. The van der Waals surface area contributed by atoms with E-state index in [4.69, 9.17) is 4.42 Å². The predicted molar refractivity (Wildman–Crippen MR) is 78.8 cm³/mol. The zero-order valence-corrected chi connectivity index (χ0v) is 12.0. The van der Waals surface area contributed by atoms with E-state index in [1.807, 2.05) is 20.0 Å². The van der Waals surface area contributed by atoms with Crippen molar-refractivity contribution < 1.29 is 4.42 Å². The van der Waals surface area contributed by atoms with Crippen LogP contribution in [0, 0.1) is 6.92 Å². The van der Waals surface area contributed by atoms with Gasteiger partial charge in [-0.05, 0) is 31.0 Å². The monoisotopic (exact) mass is 273 g/mol. The van der Waals surface area contributed by atoms with Gasteiger partial charge in [0.25, 0.3) is 0 Å². The Balaban J connectivity index is 2.25. The molecule has 98 valence electrons. The molecule has 19 heavy (non-hydrogen) atoms. The molecule has 0 aliphatic rings. The van der Waals surface area contributed by atoms with Gasteiger partial charge in [0.1, 0.15) is 10.6 Å². The third-order valence-electron chi connectivity index (χ3n) is 3.09. The van der Waals surface area contributed by atoms with Crippen molar-refractivity contribution in [3.05, 3.63) is 28.8 Å². The summed E-state index contributed by atoms with van der Waals surface area (Å²) < 4.78 is 5.48. The van der Waals surface area contributed by atoms with Crippen molar-refractivity contribution in [1.29, 1.82) is 0 Å². The second kappa shape index (κ2) is 4.66. The first-order chi connectivity index (χ1) is 9.22. The number of anilines is 1. The molecule has 0 aliphatic carbocycles. The van der Waals surface area contributed by atoms with Gasteiger partial charge in [0.2, 0.25) is 0 Å². The van der Waals surface area contributed by atoms with E-state index < -0.39 is 0 Å². The summed E-state index contributed by atoms with van der Waals surface area (Å²) in [6, 6.07) is 4.08. The first-order valence-corrected chi connectivity index (χ1v) is 7.07. The van der Waals surface area contributed by atoms with Crippen LogP contribution in [0.25, 0.3) is 21.8 Å². The van der Waals surface area contributed by atoms with Crippen molar-refractivity contribution in [3.63, 3.8) is 0 Å². The fraction of sp³-hybridized carbons (Fsp3) is 0.286. The molecule has 3 aromatic heterocycles. The predicted octanol–water partition coefficient (Wildman–Crippen LogP) is 3.86. The number of aromatic nitrogens is 2. The van der Waals surface area contributed by atoms with Crippen molar-refractivity contribution in [2.24, 2.45) is 0 Å². The fourth-order valence-electron chi connectivity index (χ4n) is 2.04. The highest BCUT2D eigenvalue weighted by molar-refractivity contribution is 7.18. The van der Waals surface area contributed by atoms with Crippen molar-refractivity contribution in [2.75, 3.05) is 12.4 Å². The highest BCUT2D eigenvalue weighted by Gasteiger charge is 2.14. The summed E-state index contributed by atoms with van der Waals surface area (Å²) in [6.45, 7) is 4.14. The molecule has 0 aromatic carbocycles. The van der Waals surface area contributed by atoms with E-state index in [2.05, 4.69) is 28.3 Å². The molecule has 3 rings (SSSR count). The molecule has 5 heteroatoms. The van der Waals surface area contributed by atoms with Crippen LogP contribution in [0.15, 0.2) is 22.8 Å². The SMILES string of the molecule is CCc1cc2c(NC)nc(-c3occc3C)nc2s1. The van der Waals surface area contributed by atoms with Crippen LogP contribution < -0.4 is 5.32 Å². The summed E-state index contributed by atoms with van der Waals surface area (Å²) in [5.74, 6) is 2.24. The molecule has 0 amide bonds. The Morgan fingerprint density at radius 3 is 2.84 bits per heavy atom. The molecular formula is C14H15N3OS. The van der Waals surface area contributed by atoms with Crippen LogP contribution in [0.5, 0.6) is 0 Å². The van der Waals surface area contributed by atoms with Crippen LogP contribution in [0.2, 0.25) is 0 Å². The van der Waals surface area contributed by atoms with Crippen LogP contribution in [0.4, 0.5) is 5.82 Å². The Morgan fingerprint density at radius 2 is 2.21 bits per heavy atom. The number of thiophene rings is 1. The topological polar surface area (TPSA) is 51.0 Å². The number of aryl methyl sites for hydroxylation is 2. The summed E-state index contributed by atoms with van der Waals surface area (Å²) in [5, 5.41) is 4.22. The Bertz CT molecular complexity index is 729. The summed E-state index contributed by atoms with van der Waals surface area (Å²) in [5.41, 5.74) is 1.05. The molecule has 0 saturated heterocycles. The highest BCUT2D eigenvalue weighted by atomic mass is 32.1. The third kappa shape index (κ3) is 2.00. The summed E-state index contributed by atoms with van der Waals surface area (Å²) in [7, 11) is 1.88. The first kappa shape index (κ1) is 12.2. The average Bonchev–Trinajstić information content (AvgIpc) is 3.02. The lowest BCUT2D eigenvalue weighted by atomic mass is 10.2. The molecule has 0 saturated carbocycles. The molecule has 0 bridgehead atoms. The minimum Gasteiger partial charge on any atom is -0.461 e. The lowest BCUT2D eigenvalue weighted by molar-refractivity contribution is 0.576. The number of hydrogen-bond donors (Lipinski definition) is 1. The molecule has 0 fully saturated rings. The highest BCUT2D eigenvalue weighted by Crippen LogP contribution is 2.32. The molecule has 1 N–H and O–H groups in total. The molecule has 0 aliphatic heterocycles. The molecular weight excluding hydrogens is 258 g/mol. The zero-order valence-electron chi connectivity index (χ0n) is 11.2. The largest absolute Gasteiger partial charge is 0.461 e. The van der Waals surface area contributed by atoms with E-state index in [1.165, 1.54) is 4.88 Å². The van der Waals surface area contributed by atoms with Gasteiger partial charge in [0, 0.05) is 11.9 Å². The van der Waals surface area contributed by atoms with E-state index in [1.54, 1.807) is 17.6 Å². The van der Waals surface area contributed by atoms with Crippen LogP contribution >= 0.6 is 11.3 Å². The fourth-order valence-corrected chi connectivity index (χ4v) is 3.01. The molecule has 0 atom stereocenters. The number of nitrogens with one attached hydrogen (secondary N) is 1. The normalized spacial score (nSPS) is 11.1. The Kier molecular flexibility index (Phi) is 2.98. The summed E-state index contributed by atoms with van der Waals surface area (Å²) >= 11 is 1.71. The van der Waals surface area contributed by atoms with Gasteiger partial charge in [-0.3, -0.25) is 0 Å². The molecule has 0 radical (unpaired) electrons. The Labute approximate surface area is 115 Å². The first-order valence-electron chi connectivity index (χ1n) is 6.25. The minimum atomic E-state index is 0.642. The standard InChI is InChI=1S/C14H15N3OS/c1-4-9-7-10-12(15-3)16-13(17-14(10)19-9)11-8(2)5-6-18-11/h5-7H,4H2,1-3H3,(H,15,16,17). The Morgan fingerprint density at radius 1 is 1.37 bits per heavy atom. The van der Waals surface area contributed by atoms with Crippen molar-refractivity contribution in [2.45, 2.75) is 20.3 Å².